The van der Waals surface area contributed by atoms with E-state index in [4.69, 9.17) is 22.7 Å². The lowest BCUT2D eigenvalue weighted by atomic mass is 10.2. The highest BCUT2D eigenvalue weighted by molar-refractivity contribution is 9.10. The van der Waals surface area contributed by atoms with Crippen LogP contribution in [0.5, 0.6) is 11.5 Å². The Kier molecular flexibility index (Phi) is 4.93. The SMILES string of the molecule is CC(=O)Nc1ccccc1Oc1cccc(Br)c1C(N)=S. The molecular formula is C15H13BrN2O2S. The third kappa shape index (κ3) is 3.80. The molecule has 0 aliphatic carbocycles. The molecule has 2 rings (SSSR count). The minimum atomic E-state index is -0.171. The Balaban J connectivity index is 2.42. The van der Waals surface area contributed by atoms with Crippen molar-refractivity contribution in [2.45, 2.75) is 6.92 Å². The van der Waals surface area contributed by atoms with Gasteiger partial charge in [0.25, 0.3) is 0 Å². The number of amides is 1. The standard InChI is InChI=1S/C15H13BrN2O2S/c1-9(19)18-11-6-2-3-7-12(11)20-13-8-4-5-10(16)14(13)15(17)21/h2-8H,1H3,(H2,17,21)(H,18,19). The number of nitrogens with two attached hydrogens (primary N) is 1. The van der Waals surface area contributed by atoms with Crippen molar-refractivity contribution in [1.29, 1.82) is 0 Å². The van der Waals surface area contributed by atoms with E-state index in [0.29, 0.717) is 22.7 Å². The van der Waals surface area contributed by atoms with Crippen LogP contribution in [0.2, 0.25) is 0 Å². The van der Waals surface area contributed by atoms with Gasteiger partial charge in [-0.1, -0.05) is 30.4 Å². The molecule has 1 amide bonds. The molecular weight excluding hydrogens is 352 g/mol. The van der Waals surface area contributed by atoms with E-state index in [-0.39, 0.29) is 10.9 Å². The van der Waals surface area contributed by atoms with E-state index < -0.39 is 0 Å². The maximum absolute atomic E-state index is 11.2. The van der Waals surface area contributed by atoms with Crippen molar-refractivity contribution in [1.82, 2.24) is 0 Å². The lowest BCUT2D eigenvalue weighted by Crippen LogP contribution is -2.12. The van der Waals surface area contributed by atoms with Gasteiger partial charge in [0.2, 0.25) is 5.91 Å². The summed E-state index contributed by atoms with van der Waals surface area (Å²) in [7, 11) is 0. The molecule has 0 aliphatic heterocycles. The van der Waals surface area contributed by atoms with Crippen LogP contribution in [0.25, 0.3) is 0 Å². The van der Waals surface area contributed by atoms with Gasteiger partial charge in [0.05, 0.1) is 11.3 Å². The van der Waals surface area contributed by atoms with Gasteiger partial charge in [-0.05, 0) is 40.2 Å². The highest BCUT2D eigenvalue weighted by Gasteiger charge is 2.13. The van der Waals surface area contributed by atoms with Gasteiger partial charge in [0.1, 0.15) is 10.7 Å². The first-order valence-corrected chi connectivity index (χ1v) is 7.32. The molecule has 0 atom stereocenters. The van der Waals surface area contributed by atoms with Crippen molar-refractivity contribution in [3.63, 3.8) is 0 Å². The van der Waals surface area contributed by atoms with Gasteiger partial charge in [-0.25, -0.2) is 0 Å². The van der Waals surface area contributed by atoms with Crippen LogP contribution < -0.4 is 15.8 Å². The molecule has 0 aromatic heterocycles. The van der Waals surface area contributed by atoms with Crippen LogP contribution in [0.4, 0.5) is 5.69 Å². The molecule has 2 aromatic carbocycles. The Morgan fingerprint density at radius 2 is 1.86 bits per heavy atom. The molecule has 2 aromatic rings. The van der Waals surface area contributed by atoms with Gasteiger partial charge in [-0.15, -0.1) is 0 Å². The molecule has 4 nitrogen and oxygen atoms in total. The van der Waals surface area contributed by atoms with Crippen molar-refractivity contribution in [3.05, 3.63) is 52.5 Å². The Morgan fingerprint density at radius 3 is 2.52 bits per heavy atom. The molecule has 0 saturated heterocycles. The molecule has 0 radical (unpaired) electrons. The first-order chi connectivity index (χ1) is 9.99. The predicted molar refractivity (Wildman–Crippen MR) is 90.8 cm³/mol. The fourth-order valence-electron chi connectivity index (χ4n) is 1.80. The monoisotopic (exact) mass is 364 g/mol. The minimum absolute atomic E-state index is 0.171. The average Bonchev–Trinajstić information content (AvgIpc) is 2.40. The van der Waals surface area contributed by atoms with E-state index in [1.807, 2.05) is 24.3 Å². The zero-order valence-electron chi connectivity index (χ0n) is 11.2. The molecule has 0 saturated carbocycles. The van der Waals surface area contributed by atoms with Crippen LogP contribution in [-0.4, -0.2) is 10.9 Å². The molecule has 0 heterocycles. The predicted octanol–water partition coefficient (Wildman–Crippen LogP) is 3.83. The number of anilines is 1. The second kappa shape index (κ2) is 6.69. The summed E-state index contributed by atoms with van der Waals surface area (Å²) < 4.78 is 6.63. The number of ether oxygens (including phenoxy) is 1. The molecule has 21 heavy (non-hydrogen) atoms. The molecule has 108 valence electrons. The Morgan fingerprint density at radius 1 is 1.19 bits per heavy atom. The fourth-order valence-corrected chi connectivity index (χ4v) is 2.70. The highest BCUT2D eigenvalue weighted by Crippen LogP contribution is 2.34. The van der Waals surface area contributed by atoms with Crippen LogP contribution in [0, 0.1) is 0 Å². The number of para-hydroxylation sites is 2. The maximum Gasteiger partial charge on any atom is 0.221 e. The molecule has 3 N–H and O–H groups in total. The third-order valence-electron chi connectivity index (χ3n) is 2.64. The van der Waals surface area contributed by atoms with E-state index in [1.165, 1.54) is 6.92 Å². The summed E-state index contributed by atoms with van der Waals surface area (Å²) in [6.07, 6.45) is 0. The first kappa shape index (κ1) is 15.5. The summed E-state index contributed by atoms with van der Waals surface area (Å²) in [4.78, 5) is 11.5. The normalized spacial score (nSPS) is 10.0. The largest absolute Gasteiger partial charge is 0.454 e. The second-order valence-corrected chi connectivity index (χ2v) is 5.55. The molecule has 0 bridgehead atoms. The smallest absolute Gasteiger partial charge is 0.221 e. The fraction of sp³-hybridized carbons (Fsp3) is 0.0667. The second-order valence-electron chi connectivity index (χ2n) is 4.26. The van der Waals surface area contributed by atoms with Crippen molar-refractivity contribution in [2.75, 3.05) is 5.32 Å². The summed E-state index contributed by atoms with van der Waals surface area (Å²) >= 11 is 8.46. The topological polar surface area (TPSA) is 64.3 Å². The number of rotatable bonds is 4. The lowest BCUT2D eigenvalue weighted by molar-refractivity contribution is -0.114. The average molecular weight is 365 g/mol. The summed E-state index contributed by atoms with van der Waals surface area (Å²) in [6, 6.07) is 12.6. The molecule has 0 unspecified atom stereocenters. The number of halogens is 1. The summed E-state index contributed by atoms with van der Waals surface area (Å²) in [5.41, 5.74) is 6.94. The van der Waals surface area contributed by atoms with Crippen LogP contribution in [0.3, 0.4) is 0 Å². The van der Waals surface area contributed by atoms with Crippen molar-refractivity contribution in [3.8, 4) is 11.5 Å². The molecule has 0 spiro atoms. The zero-order chi connectivity index (χ0) is 15.4. The number of benzene rings is 2. The lowest BCUT2D eigenvalue weighted by Gasteiger charge is -2.14. The van der Waals surface area contributed by atoms with Gasteiger partial charge in [-0.2, -0.15) is 0 Å². The van der Waals surface area contributed by atoms with Crippen molar-refractivity contribution in [2.24, 2.45) is 5.73 Å². The van der Waals surface area contributed by atoms with E-state index >= 15 is 0 Å². The van der Waals surface area contributed by atoms with Crippen molar-refractivity contribution < 1.29 is 9.53 Å². The number of hydrogen-bond donors (Lipinski definition) is 2. The molecule has 6 heteroatoms. The molecule has 0 fully saturated rings. The Hall–Kier alpha value is -1.92. The quantitative estimate of drug-likeness (QED) is 0.809. The van der Waals surface area contributed by atoms with Crippen LogP contribution >= 0.6 is 28.1 Å². The van der Waals surface area contributed by atoms with E-state index in [9.17, 15) is 4.79 Å². The summed E-state index contributed by atoms with van der Waals surface area (Å²) in [5.74, 6) is 0.868. The molecule has 0 aliphatic rings. The van der Waals surface area contributed by atoms with Crippen LogP contribution in [0.15, 0.2) is 46.9 Å². The van der Waals surface area contributed by atoms with E-state index in [2.05, 4.69) is 21.2 Å². The van der Waals surface area contributed by atoms with Crippen molar-refractivity contribution >= 4 is 44.7 Å². The highest BCUT2D eigenvalue weighted by atomic mass is 79.9. The van der Waals surface area contributed by atoms with Gasteiger partial charge in [0, 0.05) is 11.4 Å². The van der Waals surface area contributed by atoms with Gasteiger partial charge in [0.15, 0.2) is 5.75 Å². The third-order valence-corrected chi connectivity index (χ3v) is 3.50. The number of hydrogen-bond acceptors (Lipinski definition) is 3. The number of nitrogens with one attached hydrogen (secondary N) is 1. The maximum atomic E-state index is 11.2. The van der Waals surface area contributed by atoms with E-state index in [1.54, 1.807) is 18.2 Å². The van der Waals surface area contributed by atoms with Crippen LogP contribution in [-0.2, 0) is 4.79 Å². The Labute approximate surface area is 136 Å². The van der Waals surface area contributed by atoms with Gasteiger partial charge in [-0.3, -0.25) is 4.79 Å². The van der Waals surface area contributed by atoms with Gasteiger partial charge < -0.3 is 15.8 Å². The summed E-state index contributed by atoms with van der Waals surface area (Å²) in [5, 5.41) is 2.72. The summed E-state index contributed by atoms with van der Waals surface area (Å²) in [6.45, 7) is 1.44. The Bertz CT molecular complexity index is 704. The zero-order valence-corrected chi connectivity index (χ0v) is 13.6. The minimum Gasteiger partial charge on any atom is -0.454 e. The first-order valence-electron chi connectivity index (χ1n) is 6.12. The number of thiocarbonyl (C=S) groups is 1. The number of carbonyl (C=O) groups excluding carboxylic acids is 1. The number of carbonyl (C=O) groups is 1. The van der Waals surface area contributed by atoms with Gasteiger partial charge >= 0.3 is 0 Å². The van der Waals surface area contributed by atoms with Crippen LogP contribution in [0.1, 0.15) is 12.5 Å². The van der Waals surface area contributed by atoms with E-state index in [0.717, 1.165) is 4.47 Å².